The fraction of sp³-hybridized carbons (Fsp3) is 0.462. The molecule has 1 unspecified atom stereocenters. The Labute approximate surface area is 99.3 Å². The summed E-state index contributed by atoms with van der Waals surface area (Å²) in [5.74, 6) is -2.26. The van der Waals surface area contributed by atoms with Gasteiger partial charge < -0.3 is 5.11 Å². The number of halogens is 2. The third-order valence-electron chi connectivity index (χ3n) is 2.71. The highest BCUT2D eigenvalue weighted by molar-refractivity contribution is 5.89. The van der Waals surface area contributed by atoms with Gasteiger partial charge in [0.2, 0.25) is 6.43 Å². The molecule has 4 heteroatoms. The van der Waals surface area contributed by atoms with Gasteiger partial charge in [-0.3, -0.25) is 0 Å². The summed E-state index contributed by atoms with van der Waals surface area (Å²) in [5.41, 5.74) is -0.546. The molecule has 0 radical (unpaired) electrons. The lowest BCUT2D eigenvalue weighted by molar-refractivity contribution is 0.0594. The molecule has 0 aromatic heterocycles. The third-order valence-corrected chi connectivity index (χ3v) is 2.71. The molecule has 0 spiro atoms. The monoisotopic (exact) mass is 242 g/mol. The number of alkyl halides is 2. The highest BCUT2D eigenvalue weighted by Crippen LogP contribution is 2.40. The minimum absolute atomic E-state index is 0.0484. The maximum atomic E-state index is 13.1. The van der Waals surface area contributed by atoms with Crippen molar-refractivity contribution in [2.24, 2.45) is 5.41 Å². The second kappa shape index (κ2) is 4.82. The highest BCUT2D eigenvalue weighted by Gasteiger charge is 2.36. The van der Waals surface area contributed by atoms with E-state index in [4.69, 9.17) is 5.11 Å². The Balaban J connectivity index is 3.34. The summed E-state index contributed by atoms with van der Waals surface area (Å²) < 4.78 is 26.3. The number of benzene rings is 1. The maximum absolute atomic E-state index is 13.1. The number of aromatic carboxylic acids is 1. The van der Waals surface area contributed by atoms with Crippen LogP contribution in [0.2, 0.25) is 0 Å². The first-order valence-electron chi connectivity index (χ1n) is 5.35. The van der Waals surface area contributed by atoms with Gasteiger partial charge in [-0.15, -0.1) is 0 Å². The lowest BCUT2D eigenvalue weighted by atomic mass is 9.75. The number of hydrogen-bond acceptors (Lipinski definition) is 1. The molecule has 0 saturated heterocycles. The number of carboxylic acids is 1. The van der Waals surface area contributed by atoms with Crippen LogP contribution in [0.3, 0.4) is 0 Å². The van der Waals surface area contributed by atoms with Crippen LogP contribution >= 0.6 is 0 Å². The Kier molecular flexibility index (Phi) is 3.86. The van der Waals surface area contributed by atoms with Crippen LogP contribution in [-0.2, 0) is 0 Å². The van der Waals surface area contributed by atoms with Crippen LogP contribution in [0.1, 0.15) is 42.6 Å². The zero-order chi connectivity index (χ0) is 13.2. The van der Waals surface area contributed by atoms with E-state index in [1.165, 1.54) is 18.2 Å². The van der Waals surface area contributed by atoms with Gasteiger partial charge in [0.15, 0.2) is 0 Å². The quantitative estimate of drug-likeness (QED) is 0.875. The van der Waals surface area contributed by atoms with E-state index in [2.05, 4.69) is 0 Å². The first-order chi connectivity index (χ1) is 7.75. The maximum Gasteiger partial charge on any atom is 0.335 e. The van der Waals surface area contributed by atoms with E-state index in [-0.39, 0.29) is 11.1 Å². The molecule has 1 aromatic carbocycles. The van der Waals surface area contributed by atoms with Gasteiger partial charge in [-0.25, -0.2) is 13.6 Å². The van der Waals surface area contributed by atoms with Gasteiger partial charge in [0, 0.05) is 0 Å². The summed E-state index contributed by atoms with van der Waals surface area (Å²) in [6, 6.07) is 5.95. The van der Waals surface area contributed by atoms with E-state index in [1.54, 1.807) is 26.8 Å². The SMILES string of the molecule is CC(C)(C)C(c1ccccc1C(=O)O)C(F)F. The van der Waals surface area contributed by atoms with Crippen LogP contribution in [-0.4, -0.2) is 17.5 Å². The van der Waals surface area contributed by atoms with Crippen molar-refractivity contribution in [1.29, 1.82) is 0 Å². The second-order valence-corrected chi connectivity index (χ2v) is 5.07. The summed E-state index contributed by atoms with van der Waals surface area (Å²) in [7, 11) is 0. The molecule has 1 atom stereocenters. The first-order valence-corrected chi connectivity index (χ1v) is 5.35. The van der Waals surface area contributed by atoms with Gasteiger partial charge in [0.05, 0.1) is 11.5 Å². The van der Waals surface area contributed by atoms with E-state index in [9.17, 15) is 13.6 Å². The smallest absolute Gasteiger partial charge is 0.335 e. The number of rotatable bonds is 3. The number of hydrogen-bond donors (Lipinski definition) is 1. The van der Waals surface area contributed by atoms with Crippen LogP contribution in [0, 0.1) is 5.41 Å². The molecule has 1 N–H and O–H groups in total. The molecule has 0 heterocycles. The fourth-order valence-electron chi connectivity index (χ4n) is 1.94. The summed E-state index contributed by atoms with van der Waals surface area (Å²) in [6.45, 7) is 5.05. The molecule has 0 amide bonds. The minimum atomic E-state index is -2.59. The van der Waals surface area contributed by atoms with Crippen molar-refractivity contribution in [2.45, 2.75) is 33.1 Å². The Morgan fingerprint density at radius 1 is 1.24 bits per heavy atom. The molecule has 94 valence electrons. The zero-order valence-corrected chi connectivity index (χ0v) is 10.1. The van der Waals surface area contributed by atoms with E-state index in [0.29, 0.717) is 0 Å². The summed E-state index contributed by atoms with van der Waals surface area (Å²) in [4.78, 5) is 11.0. The fourth-order valence-corrected chi connectivity index (χ4v) is 1.94. The topological polar surface area (TPSA) is 37.3 Å². The van der Waals surface area contributed by atoms with Crippen LogP contribution in [0.5, 0.6) is 0 Å². The normalized spacial score (nSPS) is 13.8. The predicted molar refractivity (Wildman–Crippen MR) is 61.6 cm³/mol. The van der Waals surface area contributed by atoms with Crippen LogP contribution in [0.4, 0.5) is 8.78 Å². The molecule has 2 nitrogen and oxygen atoms in total. The lowest BCUT2D eigenvalue weighted by Crippen LogP contribution is -2.26. The highest BCUT2D eigenvalue weighted by atomic mass is 19.3. The van der Waals surface area contributed by atoms with Gasteiger partial charge in [0.1, 0.15) is 0 Å². The Morgan fingerprint density at radius 3 is 2.18 bits per heavy atom. The first kappa shape index (κ1) is 13.6. The third kappa shape index (κ3) is 3.02. The van der Waals surface area contributed by atoms with Crippen molar-refractivity contribution in [2.75, 3.05) is 0 Å². The van der Waals surface area contributed by atoms with Crippen molar-refractivity contribution in [1.82, 2.24) is 0 Å². The Hall–Kier alpha value is -1.45. The number of carbonyl (C=O) groups is 1. The van der Waals surface area contributed by atoms with E-state index < -0.39 is 23.7 Å². The van der Waals surface area contributed by atoms with E-state index >= 15 is 0 Å². The summed E-state index contributed by atoms with van der Waals surface area (Å²) >= 11 is 0. The van der Waals surface area contributed by atoms with Crippen molar-refractivity contribution in [3.63, 3.8) is 0 Å². The molecule has 0 aliphatic carbocycles. The summed E-state index contributed by atoms with van der Waals surface area (Å²) in [5, 5.41) is 9.02. The van der Waals surface area contributed by atoms with Crippen LogP contribution < -0.4 is 0 Å². The molecule has 0 saturated carbocycles. The van der Waals surface area contributed by atoms with Gasteiger partial charge >= 0.3 is 5.97 Å². The van der Waals surface area contributed by atoms with Crippen molar-refractivity contribution >= 4 is 5.97 Å². The van der Waals surface area contributed by atoms with Gasteiger partial charge in [-0.05, 0) is 17.0 Å². The average Bonchev–Trinajstić information content (AvgIpc) is 2.15. The van der Waals surface area contributed by atoms with Crippen LogP contribution in [0.15, 0.2) is 24.3 Å². The average molecular weight is 242 g/mol. The number of carboxylic acid groups (broad SMARTS) is 1. The van der Waals surface area contributed by atoms with Crippen molar-refractivity contribution in [3.05, 3.63) is 35.4 Å². The zero-order valence-electron chi connectivity index (χ0n) is 10.1. The standard InChI is InChI=1S/C13H16F2O2/c1-13(2,3)10(11(14)15)8-6-4-5-7-9(8)12(16)17/h4-7,10-11H,1-3H3,(H,16,17). The molecule has 0 aliphatic heterocycles. The minimum Gasteiger partial charge on any atom is -0.478 e. The lowest BCUT2D eigenvalue weighted by Gasteiger charge is -2.31. The molecular weight excluding hydrogens is 226 g/mol. The van der Waals surface area contributed by atoms with Crippen molar-refractivity contribution < 1.29 is 18.7 Å². The Bertz CT molecular complexity index is 408. The van der Waals surface area contributed by atoms with E-state index in [0.717, 1.165) is 0 Å². The molecule has 0 fully saturated rings. The second-order valence-electron chi connectivity index (χ2n) is 5.07. The molecule has 17 heavy (non-hydrogen) atoms. The molecule has 1 rings (SSSR count). The molecule has 0 bridgehead atoms. The molecule has 1 aromatic rings. The van der Waals surface area contributed by atoms with Gasteiger partial charge in [0.25, 0.3) is 0 Å². The van der Waals surface area contributed by atoms with E-state index in [1.807, 2.05) is 0 Å². The molecule has 0 aliphatic rings. The summed E-state index contributed by atoms with van der Waals surface area (Å²) in [6.07, 6.45) is -2.59. The van der Waals surface area contributed by atoms with Gasteiger partial charge in [-0.1, -0.05) is 39.0 Å². The van der Waals surface area contributed by atoms with Crippen LogP contribution in [0.25, 0.3) is 0 Å². The largest absolute Gasteiger partial charge is 0.478 e. The predicted octanol–water partition coefficient (Wildman–Crippen LogP) is 3.78. The molecular formula is C13H16F2O2. The van der Waals surface area contributed by atoms with Gasteiger partial charge in [-0.2, -0.15) is 0 Å². The van der Waals surface area contributed by atoms with Crippen molar-refractivity contribution in [3.8, 4) is 0 Å². The Morgan fingerprint density at radius 2 is 1.76 bits per heavy atom.